The molecule has 23 heavy (non-hydrogen) atoms. The molecule has 1 aliphatic rings. The summed E-state index contributed by atoms with van der Waals surface area (Å²) in [5, 5.41) is 7.17. The van der Waals surface area contributed by atoms with E-state index in [0.29, 0.717) is 5.89 Å². The Labute approximate surface area is 135 Å². The van der Waals surface area contributed by atoms with Crippen LogP contribution in [0, 0.1) is 18.6 Å². The molecule has 0 aliphatic carbocycles. The predicted molar refractivity (Wildman–Crippen MR) is 75.0 cm³/mol. The van der Waals surface area contributed by atoms with Gasteiger partial charge < -0.3 is 14.1 Å². The number of hydrogen-bond donors (Lipinski definition) is 0. The van der Waals surface area contributed by atoms with Gasteiger partial charge in [0.05, 0.1) is 23.7 Å². The van der Waals surface area contributed by atoms with E-state index in [-0.39, 0.29) is 36.2 Å². The molecule has 1 amide bonds. The van der Waals surface area contributed by atoms with Gasteiger partial charge in [-0.25, -0.2) is 8.78 Å². The van der Waals surface area contributed by atoms with Crippen molar-refractivity contribution in [1.82, 2.24) is 15.1 Å². The van der Waals surface area contributed by atoms with Gasteiger partial charge in [0.2, 0.25) is 11.8 Å². The molecule has 1 aliphatic heterocycles. The van der Waals surface area contributed by atoms with Crippen LogP contribution < -0.4 is 0 Å². The second-order valence-corrected chi connectivity index (χ2v) is 5.42. The molecule has 122 valence electrons. The average molecular weight is 344 g/mol. The molecule has 3 rings (SSSR count). The van der Waals surface area contributed by atoms with Crippen LogP contribution in [0.25, 0.3) is 0 Å². The molecule has 1 saturated heterocycles. The number of aromatic nitrogens is 2. The van der Waals surface area contributed by atoms with Gasteiger partial charge in [0.25, 0.3) is 5.91 Å². The summed E-state index contributed by atoms with van der Waals surface area (Å²) in [6.45, 7) is 2.19. The molecule has 1 fully saturated rings. The van der Waals surface area contributed by atoms with Crippen molar-refractivity contribution in [1.29, 1.82) is 0 Å². The molecule has 0 radical (unpaired) electrons. The summed E-state index contributed by atoms with van der Waals surface area (Å²) in [6.07, 6.45) is -0.603. The van der Waals surface area contributed by atoms with E-state index in [1.807, 2.05) is 0 Å². The summed E-state index contributed by atoms with van der Waals surface area (Å²) < 4.78 is 38.2. The number of nitrogens with zero attached hydrogens (tertiary/aromatic N) is 3. The lowest BCUT2D eigenvalue weighted by molar-refractivity contribution is -0.0350. The molecule has 1 aromatic carbocycles. The molecular weight excluding hydrogens is 332 g/mol. The van der Waals surface area contributed by atoms with Crippen molar-refractivity contribution in [3.05, 3.63) is 46.1 Å². The maximum atomic E-state index is 13.9. The number of carbonyl (C=O) groups is 1. The summed E-state index contributed by atoms with van der Waals surface area (Å²) in [5.41, 5.74) is -0.380. The minimum absolute atomic E-state index is 0.101. The van der Waals surface area contributed by atoms with Crippen molar-refractivity contribution in [2.45, 2.75) is 13.0 Å². The molecule has 0 bridgehead atoms. The third-order valence-electron chi connectivity index (χ3n) is 3.41. The van der Waals surface area contributed by atoms with Crippen LogP contribution in [-0.2, 0) is 4.74 Å². The Morgan fingerprint density at radius 1 is 1.35 bits per heavy atom. The van der Waals surface area contributed by atoms with Crippen molar-refractivity contribution >= 4 is 17.5 Å². The zero-order valence-corrected chi connectivity index (χ0v) is 12.8. The lowest BCUT2D eigenvalue weighted by Gasteiger charge is -2.31. The monoisotopic (exact) mass is 343 g/mol. The zero-order valence-electron chi connectivity index (χ0n) is 12.1. The van der Waals surface area contributed by atoms with Crippen LogP contribution in [0.2, 0.25) is 5.02 Å². The van der Waals surface area contributed by atoms with Gasteiger partial charge >= 0.3 is 0 Å². The number of hydrogen-bond acceptors (Lipinski definition) is 5. The van der Waals surface area contributed by atoms with Gasteiger partial charge in [-0.05, 0) is 12.1 Å². The third-order valence-corrected chi connectivity index (χ3v) is 3.70. The molecule has 0 saturated carbocycles. The molecule has 2 heterocycles. The number of ether oxygens (including phenoxy) is 1. The Morgan fingerprint density at radius 2 is 2.13 bits per heavy atom. The van der Waals surface area contributed by atoms with Gasteiger partial charge in [-0.2, -0.15) is 0 Å². The Balaban J connectivity index is 1.81. The largest absolute Gasteiger partial charge is 0.423 e. The number of aryl methyl sites for hydroxylation is 1. The maximum absolute atomic E-state index is 13.9. The van der Waals surface area contributed by atoms with Crippen molar-refractivity contribution in [3.8, 4) is 0 Å². The van der Waals surface area contributed by atoms with Gasteiger partial charge in [0.1, 0.15) is 11.6 Å². The SMILES string of the molecule is Cc1nnc([C@@H]2CN(C(=O)c3cc(F)c(Cl)cc3F)CCO2)o1. The maximum Gasteiger partial charge on any atom is 0.257 e. The number of halogens is 3. The Morgan fingerprint density at radius 3 is 2.83 bits per heavy atom. The van der Waals surface area contributed by atoms with Crippen molar-refractivity contribution in [2.75, 3.05) is 19.7 Å². The van der Waals surface area contributed by atoms with E-state index in [2.05, 4.69) is 10.2 Å². The Kier molecular flexibility index (Phi) is 4.27. The van der Waals surface area contributed by atoms with Gasteiger partial charge in [-0.3, -0.25) is 4.79 Å². The van der Waals surface area contributed by atoms with Crippen LogP contribution >= 0.6 is 11.6 Å². The summed E-state index contributed by atoms with van der Waals surface area (Å²) in [4.78, 5) is 13.8. The van der Waals surface area contributed by atoms with Crippen molar-refractivity contribution in [2.24, 2.45) is 0 Å². The highest BCUT2D eigenvalue weighted by atomic mass is 35.5. The minimum atomic E-state index is -0.877. The molecule has 9 heteroatoms. The van der Waals surface area contributed by atoms with E-state index in [0.717, 1.165) is 12.1 Å². The van der Waals surface area contributed by atoms with E-state index in [9.17, 15) is 13.6 Å². The highest BCUT2D eigenvalue weighted by Gasteiger charge is 2.30. The number of morpholine rings is 1. The molecular formula is C14H12ClF2N3O3. The first-order valence-corrected chi connectivity index (χ1v) is 7.19. The minimum Gasteiger partial charge on any atom is -0.423 e. The van der Waals surface area contributed by atoms with E-state index >= 15 is 0 Å². The number of benzene rings is 1. The highest BCUT2D eigenvalue weighted by Crippen LogP contribution is 2.25. The Bertz CT molecular complexity index is 753. The third kappa shape index (κ3) is 3.18. The first kappa shape index (κ1) is 15.8. The lowest BCUT2D eigenvalue weighted by Crippen LogP contribution is -2.42. The second-order valence-electron chi connectivity index (χ2n) is 5.02. The van der Waals surface area contributed by atoms with Gasteiger partial charge in [0.15, 0.2) is 6.10 Å². The number of amides is 1. The Hall–Kier alpha value is -2.06. The van der Waals surface area contributed by atoms with Crippen LogP contribution in [-0.4, -0.2) is 40.7 Å². The quantitative estimate of drug-likeness (QED) is 0.784. The highest BCUT2D eigenvalue weighted by molar-refractivity contribution is 6.30. The lowest BCUT2D eigenvalue weighted by atomic mass is 10.1. The first-order chi connectivity index (χ1) is 11.0. The summed E-state index contributed by atoms with van der Waals surface area (Å²) in [7, 11) is 0. The smallest absolute Gasteiger partial charge is 0.257 e. The van der Waals surface area contributed by atoms with E-state index in [1.54, 1.807) is 6.92 Å². The zero-order chi connectivity index (χ0) is 16.6. The molecule has 1 aromatic heterocycles. The second kappa shape index (κ2) is 6.21. The summed E-state index contributed by atoms with van der Waals surface area (Å²) in [6, 6.07) is 1.57. The topological polar surface area (TPSA) is 68.5 Å². The standard InChI is InChI=1S/C14H12ClF2N3O3/c1-7-18-19-13(23-7)12-6-20(2-3-22-12)14(21)8-4-11(17)9(15)5-10(8)16/h4-5,12H,2-3,6H2,1H3/t12-/m0/s1. The van der Waals surface area contributed by atoms with E-state index < -0.39 is 23.6 Å². The van der Waals surface area contributed by atoms with Crippen LogP contribution in [0.15, 0.2) is 16.5 Å². The van der Waals surface area contributed by atoms with Crippen LogP contribution in [0.1, 0.15) is 28.2 Å². The molecule has 2 aromatic rings. The predicted octanol–water partition coefficient (Wildman–Crippen LogP) is 2.52. The van der Waals surface area contributed by atoms with E-state index in [4.69, 9.17) is 20.8 Å². The van der Waals surface area contributed by atoms with Crippen LogP contribution in [0.5, 0.6) is 0 Å². The molecule has 0 spiro atoms. The fraction of sp³-hybridized carbons (Fsp3) is 0.357. The fourth-order valence-electron chi connectivity index (χ4n) is 2.28. The molecule has 6 nitrogen and oxygen atoms in total. The normalized spacial score (nSPS) is 18.3. The van der Waals surface area contributed by atoms with Gasteiger partial charge in [-0.15, -0.1) is 10.2 Å². The number of rotatable bonds is 2. The molecule has 1 atom stereocenters. The fourth-order valence-corrected chi connectivity index (χ4v) is 2.43. The van der Waals surface area contributed by atoms with Gasteiger partial charge in [0, 0.05) is 13.5 Å². The van der Waals surface area contributed by atoms with Crippen molar-refractivity contribution < 1.29 is 22.7 Å². The number of carbonyl (C=O) groups excluding carboxylic acids is 1. The summed E-state index contributed by atoms with van der Waals surface area (Å²) >= 11 is 5.49. The van der Waals surface area contributed by atoms with Crippen LogP contribution in [0.3, 0.4) is 0 Å². The van der Waals surface area contributed by atoms with E-state index in [1.165, 1.54) is 4.90 Å². The van der Waals surface area contributed by atoms with Crippen LogP contribution in [0.4, 0.5) is 8.78 Å². The molecule has 0 unspecified atom stereocenters. The van der Waals surface area contributed by atoms with Gasteiger partial charge in [-0.1, -0.05) is 11.6 Å². The average Bonchev–Trinajstić information content (AvgIpc) is 2.97. The molecule has 0 N–H and O–H groups in total. The van der Waals surface area contributed by atoms with Crippen molar-refractivity contribution in [3.63, 3.8) is 0 Å². The summed E-state index contributed by atoms with van der Waals surface area (Å²) in [5.74, 6) is -1.77. The first-order valence-electron chi connectivity index (χ1n) is 6.81.